The fourth-order valence-corrected chi connectivity index (χ4v) is 3.48. The lowest BCUT2D eigenvalue weighted by Gasteiger charge is -2.13. The number of hydrogen-bond acceptors (Lipinski definition) is 6. The number of methoxy groups -OCH3 is 1. The van der Waals surface area contributed by atoms with E-state index in [0.717, 1.165) is 16.8 Å². The van der Waals surface area contributed by atoms with Gasteiger partial charge >= 0.3 is 0 Å². The summed E-state index contributed by atoms with van der Waals surface area (Å²) in [5.74, 6) is 3.38. The second kappa shape index (κ2) is 8.52. The van der Waals surface area contributed by atoms with Gasteiger partial charge in [0, 0.05) is 18.0 Å². The van der Waals surface area contributed by atoms with Crippen LogP contribution in [0.25, 0.3) is 29.1 Å². The van der Waals surface area contributed by atoms with E-state index >= 15 is 0 Å². The van der Waals surface area contributed by atoms with Crippen LogP contribution in [0.15, 0.2) is 54.9 Å². The minimum atomic E-state index is 0.497. The molecule has 1 saturated carbocycles. The zero-order chi connectivity index (χ0) is 21.9. The Kier molecular flexibility index (Phi) is 5.26. The molecule has 0 radical (unpaired) electrons. The Labute approximate surface area is 185 Å². The summed E-state index contributed by atoms with van der Waals surface area (Å²) in [6, 6.07) is 15.2. The number of fused-ring (bicyclic) bond motifs is 1. The summed E-state index contributed by atoms with van der Waals surface area (Å²) in [6.45, 7) is 0.693. The molecule has 1 aliphatic rings. The lowest BCUT2D eigenvalue weighted by atomic mass is 10.1. The minimum Gasteiger partial charge on any atom is -0.493 e. The standard InChI is InChI=1S/C25H21N5O2/c1-31-21-6-2-4-19(24(21)32-16-17-7-8-17)10-12-23-29-20-5-3-13-27-25(20)30(23)22-11-9-18(14-26)15-28-22/h2-6,9-13,15,17H,7-8,16H2,1H3/b12-10+. The number of nitrogens with zero attached hydrogens (tertiary/aromatic N) is 5. The van der Waals surface area contributed by atoms with E-state index in [1.807, 2.05) is 47.1 Å². The summed E-state index contributed by atoms with van der Waals surface area (Å²) in [4.78, 5) is 13.7. The molecule has 32 heavy (non-hydrogen) atoms. The Hall–Kier alpha value is -4.18. The van der Waals surface area contributed by atoms with E-state index in [4.69, 9.17) is 19.7 Å². The van der Waals surface area contributed by atoms with Gasteiger partial charge in [0.2, 0.25) is 0 Å². The average molecular weight is 423 g/mol. The van der Waals surface area contributed by atoms with E-state index in [1.54, 1.807) is 31.6 Å². The summed E-state index contributed by atoms with van der Waals surface area (Å²) in [7, 11) is 1.65. The molecule has 158 valence electrons. The maximum atomic E-state index is 9.09. The van der Waals surface area contributed by atoms with Gasteiger partial charge in [-0.1, -0.05) is 12.1 Å². The molecule has 1 aromatic carbocycles. The molecule has 0 bridgehead atoms. The smallest absolute Gasteiger partial charge is 0.168 e. The van der Waals surface area contributed by atoms with E-state index < -0.39 is 0 Å². The third-order valence-electron chi connectivity index (χ3n) is 5.35. The molecule has 7 heteroatoms. The Bertz CT molecular complexity index is 1330. The van der Waals surface area contributed by atoms with Gasteiger partial charge in [0.25, 0.3) is 0 Å². The highest BCUT2D eigenvalue weighted by molar-refractivity contribution is 5.80. The first-order chi connectivity index (χ1) is 15.8. The lowest BCUT2D eigenvalue weighted by Crippen LogP contribution is -2.03. The van der Waals surface area contributed by atoms with Crippen molar-refractivity contribution in [1.82, 2.24) is 19.5 Å². The van der Waals surface area contributed by atoms with Crippen LogP contribution in [-0.4, -0.2) is 33.2 Å². The number of pyridine rings is 2. The third-order valence-corrected chi connectivity index (χ3v) is 5.35. The molecule has 3 aromatic heterocycles. The van der Waals surface area contributed by atoms with Crippen LogP contribution >= 0.6 is 0 Å². The zero-order valence-corrected chi connectivity index (χ0v) is 17.6. The van der Waals surface area contributed by atoms with E-state index in [-0.39, 0.29) is 0 Å². The molecule has 1 aliphatic carbocycles. The maximum absolute atomic E-state index is 9.09. The molecule has 0 aliphatic heterocycles. The van der Waals surface area contributed by atoms with Gasteiger partial charge in [0.1, 0.15) is 23.2 Å². The Morgan fingerprint density at radius 3 is 2.78 bits per heavy atom. The SMILES string of the molecule is COc1cccc(/C=C/c2nc3cccnc3n2-c2ccc(C#N)cn2)c1OCC1CC1. The van der Waals surface area contributed by atoms with Crippen LogP contribution in [0.1, 0.15) is 29.8 Å². The lowest BCUT2D eigenvalue weighted by molar-refractivity contribution is 0.280. The van der Waals surface area contributed by atoms with Crippen molar-refractivity contribution in [2.24, 2.45) is 5.92 Å². The van der Waals surface area contributed by atoms with Crippen LogP contribution in [0.5, 0.6) is 11.5 Å². The van der Waals surface area contributed by atoms with Gasteiger partial charge in [-0.15, -0.1) is 0 Å². The molecule has 0 unspecified atom stereocenters. The van der Waals surface area contributed by atoms with Crippen molar-refractivity contribution >= 4 is 23.3 Å². The summed E-state index contributed by atoms with van der Waals surface area (Å²) in [5, 5.41) is 9.09. The average Bonchev–Trinajstić information content (AvgIpc) is 3.60. The van der Waals surface area contributed by atoms with Gasteiger partial charge in [-0.05, 0) is 61.2 Å². The van der Waals surface area contributed by atoms with E-state index in [9.17, 15) is 0 Å². The molecule has 0 spiro atoms. The van der Waals surface area contributed by atoms with E-state index in [0.29, 0.717) is 41.1 Å². The largest absolute Gasteiger partial charge is 0.493 e. The topological polar surface area (TPSA) is 85.9 Å². The molecule has 4 aromatic rings. The van der Waals surface area contributed by atoms with E-state index in [2.05, 4.69) is 16.0 Å². The van der Waals surface area contributed by atoms with E-state index in [1.165, 1.54) is 12.8 Å². The number of rotatable bonds is 7. The van der Waals surface area contributed by atoms with Gasteiger partial charge < -0.3 is 9.47 Å². The number of para-hydroxylation sites is 1. The zero-order valence-electron chi connectivity index (χ0n) is 17.6. The number of aromatic nitrogens is 4. The molecule has 1 fully saturated rings. The van der Waals surface area contributed by atoms with Crippen molar-refractivity contribution in [3.8, 4) is 23.4 Å². The number of hydrogen-bond donors (Lipinski definition) is 0. The maximum Gasteiger partial charge on any atom is 0.168 e. The summed E-state index contributed by atoms with van der Waals surface area (Å²) in [6.07, 6.45) is 9.59. The molecular weight excluding hydrogens is 402 g/mol. The van der Waals surface area contributed by atoms with Crippen molar-refractivity contribution in [2.45, 2.75) is 12.8 Å². The fraction of sp³-hybridized carbons (Fsp3) is 0.200. The van der Waals surface area contributed by atoms with Crippen LogP contribution in [0.4, 0.5) is 0 Å². The summed E-state index contributed by atoms with van der Waals surface area (Å²) >= 11 is 0. The van der Waals surface area contributed by atoms with Crippen LogP contribution in [0.3, 0.4) is 0 Å². The normalized spacial score (nSPS) is 13.4. The molecule has 7 nitrogen and oxygen atoms in total. The van der Waals surface area contributed by atoms with Gasteiger partial charge in [0.05, 0.1) is 19.3 Å². The quantitative estimate of drug-likeness (QED) is 0.430. The Morgan fingerprint density at radius 1 is 1.12 bits per heavy atom. The molecule has 0 atom stereocenters. The van der Waals surface area contributed by atoms with Crippen molar-refractivity contribution in [3.63, 3.8) is 0 Å². The third kappa shape index (κ3) is 3.91. The number of benzene rings is 1. The number of ether oxygens (including phenoxy) is 2. The fourth-order valence-electron chi connectivity index (χ4n) is 3.48. The summed E-state index contributed by atoms with van der Waals surface area (Å²) in [5.41, 5.74) is 2.86. The predicted molar refractivity (Wildman–Crippen MR) is 122 cm³/mol. The molecule has 0 saturated heterocycles. The predicted octanol–water partition coefficient (Wildman–Crippen LogP) is 4.65. The molecule has 3 heterocycles. The van der Waals surface area contributed by atoms with Crippen molar-refractivity contribution < 1.29 is 9.47 Å². The van der Waals surface area contributed by atoms with Crippen molar-refractivity contribution in [2.75, 3.05) is 13.7 Å². The second-order valence-corrected chi connectivity index (χ2v) is 7.63. The Balaban J connectivity index is 1.56. The first kappa shape index (κ1) is 19.8. The molecular formula is C25H21N5O2. The molecule has 0 amide bonds. The van der Waals surface area contributed by atoms with Gasteiger partial charge in [0.15, 0.2) is 17.1 Å². The van der Waals surface area contributed by atoms with Crippen LogP contribution in [-0.2, 0) is 0 Å². The monoisotopic (exact) mass is 423 g/mol. The minimum absolute atomic E-state index is 0.497. The van der Waals surface area contributed by atoms with Crippen molar-refractivity contribution in [3.05, 3.63) is 71.8 Å². The highest BCUT2D eigenvalue weighted by Gasteiger charge is 2.23. The summed E-state index contributed by atoms with van der Waals surface area (Å²) < 4.78 is 13.5. The first-order valence-corrected chi connectivity index (χ1v) is 10.4. The number of nitriles is 1. The van der Waals surface area contributed by atoms with Gasteiger partial charge in [-0.25, -0.2) is 15.0 Å². The van der Waals surface area contributed by atoms with Crippen LogP contribution < -0.4 is 9.47 Å². The van der Waals surface area contributed by atoms with Gasteiger partial charge in [-0.2, -0.15) is 5.26 Å². The van der Waals surface area contributed by atoms with Gasteiger partial charge in [-0.3, -0.25) is 4.57 Å². The molecule has 5 rings (SSSR count). The van der Waals surface area contributed by atoms with Crippen LogP contribution in [0, 0.1) is 17.2 Å². The highest BCUT2D eigenvalue weighted by Crippen LogP contribution is 2.36. The Morgan fingerprint density at radius 2 is 2.03 bits per heavy atom. The van der Waals surface area contributed by atoms with Crippen molar-refractivity contribution in [1.29, 1.82) is 5.26 Å². The molecule has 0 N–H and O–H groups in total. The first-order valence-electron chi connectivity index (χ1n) is 10.4. The number of imidazole rings is 1. The van der Waals surface area contributed by atoms with Crippen LogP contribution in [0.2, 0.25) is 0 Å². The second-order valence-electron chi connectivity index (χ2n) is 7.63. The highest BCUT2D eigenvalue weighted by atomic mass is 16.5.